The summed E-state index contributed by atoms with van der Waals surface area (Å²) in [6.45, 7) is 4.99. The molecular formula is C14H19FN2O2. The minimum atomic E-state index is -0.160. The average Bonchev–Trinajstić information content (AvgIpc) is 2.49. The first-order valence-corrected chi connectivity index (χ1v) is 6.78. The van der Waals surface area contributed by atoms with E-state index in [4.69, 9.17) is 9.47 Å². The van der Waals surface area contributed by atoms with E-state index in [1.165, 1.54) is 0 Å². The largest absolute Gasteiger partial charge is 0.378 e. The van der Waals surface area contributed by atoms with E-state index in [9.17, 15) is 4.39 Å². The van der Waals surface area contributed by atoms with E-state index in [0.717, 1.165) is 31.8 Å². The fraction of sp³-hybridized carbons (Fsp3) is 0.571. The van der Waals surface area contributed by atoms with Crippen LogP contribution in [-0.4, -0.2) is 46.1 Å². The second kappa shape index (κ2) is 5.86. The van der Waals surface area contributed by atoms with Gasteiger partial charge in [0.15, 0.2) is 0 Å². The molecule has 2 aliphatic rings. The molecule has 5 heteroatoms. The van der Waals surface area contributed by atoms with Crippen LogP contribution in [0.5, 0.6) is 0 Å². The maximum atomic E-state index is 14.2. The summed E-state index contributed by atoms with van der Waals surface area (Å²) < 4.78 is 24.9. The van der Waals surface area contributed by atoms with E-state index in [1.54, 1.807) is 6.07 Å². The standard InChI is InChI=1S/C14H19FN2O2/c15-12-9-11(13-10-19-6-3-16-13)1-2-14(12)17-4-7-18-8-5-17/h1-2,9,13,16H,3-8,10H2/t13-/m1/s1. The molecule has 0 aromatic heterocycles. The molecule has 1 aromatic carbocycles. The zero-order chi connectivity index (χ0) is 13.1. The summed E-state index contributed by atoms with van der Waals surface area (Å²) in [5.74, 6) is -0.160. The van der Waals surface area contributed by atoms with Gasteiger partial charge in [0.05, 0.1) is 38.2 Å². The second-order valence-corrected chi connectivity index (χ2v) is 4.89. The van der Waals surface area contributed by atoms with Crippen LogP contribution in [0.1, 0.15) is 11.6 Å². The molecule has 4 nitrogen and oxygen atoms in total. The fourth-order valence-electron chi connectivity index (χ4n) is 2.58. The Labute approximate surface area is 112 Å². The number of hydrogen-bond acceptors (Lipinski definition) is 4. The van der Waals surface area contributed by atoms with Crippen molar-refractivity contribution < 1.29 is 13.9 Å². The predicted molar refractivity (Wildman–Crippen MR) is 71.0 cm³/mol. The number of morpholine rings is 2. The first-order chi connectivity index (χ1) is 9.34. The Morgan fingerprint density at radius 1 is 1.16 bits per heavy atom. The highest BCUT2D eigenvalue weighted by atomic mass is 19.1. The quantitative estimate of drug-likeness (QED) is 0.875. The number of nitrogens with one attached hydrogen (secondary N) is 1. The van der Waals surface area contributed by atoms with Crippen LogP contribution in [0.15, 0.2) is 18.2 Å². The first kappa shape index (κ1) is 12.8. The summed E-state index contributed by atoms with van der Waals surface area (Å²) in [6, 6.07) is 5.57. The van der Waals surface area contributed by atoms with Crippen LogP contribution in [-0.2, 0) is 9.47 Å². The number of halogens is 1. The molecule has 104 valence electrons. The maximum Gasteiger partial charge on any atom is 0.146 e. The zero-order valence-electron chi connectivity index (χ0n) is 10.9. The van der Waals surface area contributed by atoms with Gasteiger partial charge in [-0.2, -0.15) is 0 Å². The Balaban J connectivity index is 1.76. The minimum Gasteiger partial charge on any atom is -0.378 e. The summed E-state index contributed by atoms with van der Waals surface area (Å²) in [5.41, 5.74) is 1.62. The highest BCUT2D eigenvalue weighted by Crippen LogP contribution is 2.25. The number of anilines is 1. The van der Waals surface area contributed by atoms with Gasteiger partial charge in [-0.25, -0.2) is 4.39 Å². The molecule has 2 aliphatic heterocycles. The van der Waals surface area contributed by atoms with Crippen molar-refractivity contribution in [1.82, 2.24) is 5.32 Å². The predicted octanol–water partition coefficient (Wildman–Crippen LogP) is 1.32. The third kappa shape index (κ3) is 2.88. The van der Waals surface area contributed by atoms with E-state index < -0.39 is 0 Å². The number of benzene rings is 1. The summed E-state index contributed by atoms with van der Waals surface area (Å²) in [7, 11) is 0. The monoisotopic (exact) mass is 266 g/mol. The highest BCUT2D eigenvalue weighted by Gasteiger charge is 2.19. The Morgan fingerprint density at radius 2 is 2.00 bits per heavy atom. The fourth-order valence-corrected chi connectivity index (χ4v) is 2.58. The Kier molecular flexibility index (Phi) is 3.96. The zero-order valence-corrected chi connectivity index (χ0v) is 10.9. The molecular weight excluding hydrogens is 247 g/mol. The van der Waals surface area contributed by atoms with Crippen molar-refractivity contribution in [2.45, 2.75) is 6.04 Å². The van der Waals surface area contributed by atoms with Crippen molar-refractivity contribution >= 4 is 5.69 Å². The summed E-state index contributed by atoms with van der Waals surface area (Å²) in [4.78, 5) is 2.04. The second-order valence-electron chi connectivity index (χ2n) is 4.89. The molecule has 1 N–H and O–H groups in total. The molecule has 3 rings (SSSR count). The van der Waals surface area contributed by atoms with Crippen molar-refractivity contribution in [2.24, 2.45) is 0 Å². The van der Waals surface area contributed by atoms with Crippen LogP contribution < -0.4 is 10.2 Å². The van der Waals surface area contributed by atoms with Gasteiger partial charge in [-0.3, -0.25) is 0 Å². The van der Waals surface area contributed by atoms with Crippen LogP contribution in [0.2, 0.25) is 0 Å². The Bertz CT molecular complexity index is 429. The molecule has 0 amide bonds. The van der Waals surface area contributed by atoms with Crippen molar-refractivity contribution in [1.29, 1.82) is 0 Å². The van der Waals surface area contributed by atoms with E-state index in [2.05, 4.69) is 5.32 Å². The third-order valence-corrected chi connectivity index (χ3v) is 3.65. The topological polar surface area (TPSA) is 33.7 Å². The number of rotatable bonds is 2. The maximum absolute atomic E-state index is 14.2. The molecule has 2 heterocycles. The average molecular weight is 266 g/mol. The van der Waals surface area contributed by atoms with Crippen LogP contribution in [0.3, 0.4) is 0 Å². The van der Waals surface area contributed by atoms with Gasteiger partial charge >= 0.3 is 0 Å². The molecule has 0 spiro atoms. The molecule has 0 radical (unpaired) electrons. The molecule has 2 fully saturated rings. The molecule has 1 aromatic rings. The van der Waals surface area contributed by atoms with Crippen molar-refractivity contribution in [3.05, 3.63) is 29.6 Å². The van der Waals surface area contributed by atoms with E-state index in [1.807, 2.05) is 17.0 Å². The van der Waals surface area contributed by atoms with Crippen LogP contribution >= 0.6 is 0 Å². The van der Waals surface area contributed by atoms with Crippen LogP contribution in [0, 0.1) is 5.82 Å². The Hall–Kier alpha value is -1.17. The lowest BCUT2D eigenvalue weighted by molar-refractivity contribution is 0.0768. The van der Waals surface area contributed by atoms with Crippen molar-refractivity contribution in [3.63, 3.8) is 0 Å². The lowest BCUT2D eigenvalue weighted by atomic mass is 10.1. The SMILES string of the molecule is Fc1cc([C@H]2COCCN2)ccc1N1CCOCC1. The van der Waals surface area contributed by atoms with E-state index >= 15 is 0 Å². The number of hydrogen-bond donors (Lipinski definition) is 1. The first-order valence-electron chi connectivity index (χ1n) is 6.78. The lowest BCUT2D eigenvalue weighted by Crippen LogP contribution is -2.37. The van der Waals surface area contributed by atoms with E-state index in [0.29, 0.717) is 25.5 Å². The summed E-state index contributed by atoms with van der Waals surface area (Å²) >= 11 is 0. The molecule has 0 aliphatic carbocycles. The van der Waals surface area contributed by atoms with Crippen molar-refractivity contribution in [3.8, 4) is 0 Å². The van der Waals surface area contributed by atoms with E-state index in [-0.39, 0.29) is 11.9 Å². The van der Waals surface area contributed by atoms with Gasteiger partial charge in [0, 0.05) is 19.6 Å². The highest BCUT2D eigenvalue weighted by molar-refractivity contribution is 5.50. The normalized spacial score (nSPS) is 24.5. The van der Waals surface area contributed by atoms with Gasteiger partial charge in [0.2, 0.25) is 0 Å². The summed E-state index contributed by atoms with van der Waals surface area (Å²) in [5, 5.41) is 3.34. The molecule has 19 heavy (non-hydrogen) atoms. The van der Waals surface area contributed by atoms with Gasteiger partial charge < -0.3 is 19.7 Å². The van der Waals surface area contributed by atoms with Gasteiger partial charge in [-0.05, 0) is 17.7 Å². The molecule has 0 unspecified atom stereocenters. The smallest absolute Gasteiger partial charge is 0.146 e. The Morgan fingerprint density at radius 3 is 2.68 bits per heavy atom. The third-order valence-electron chi connectivity index (χ3n) is 3.65. The van der Waals surface area contributed by atoms with Gasteiger partial charge in [0.1, 0.15) is 5.82 Å². The number of ether oxygens (including phenoxy) is 2. The molecule has 0 bridgehead atoms. The minimum absolute atomic E-state index is 0.0991. The molecule has 2 saturated heterocycles. The van der Waals surface area contributed by atoms with Gasteiger partial charge in [-0.15, -0.1) is 0 Å². The summed E-state index contributed by atoms with van der Waals surface area (Å²) in [6.07, 6.45) is 0. The van der Waals surface area contributed by atoms with Crippen LogP contribution in [0.25, 0.3) is 0 Å². The van der Waals surface area contributed by atoms with Crippen molar-refractivity contribution in [2.75, 3.05) is 51.0 Å². The molecule has 0 saturated carbocycles. The number of nitrogens with zero attached hydrogens (tertiary/aromatic N) is 1. The van der Waals surface area contributed by atoms with Gasteiger partial charge in [0.25, 0.3) is 0 Å². The van der Waals surface area contributed by atoms with Crippen LogP contribution in [0.4, 0.5) is 10.1 Å². The van der Waals surface area contributed by atoms with Gasteiger partial charge in [-0.1, -0.05) is 6.07 Å². The molecule has 1 atom stereocenters. The lowest BCUT2D eigenvalue weighted by Gasteiger charge is -2.30.